The molecule has 2 heterocycles. The molecule has 2 rings (SSSR count). The van der Waals surface area contributed by atoms with E-state index >= 15 is 0 Å². The quantitative estimate of drug-likeness (QED) is 0.768. The van der Waals surface area contributed by atoms with Crippen molar-refractivity contribution in [2.24, 2.45) is 5.92 Å². The van der Waals surface area contributed by atoms with Crippen LogP contribution in [-0.4, -0.2) is 34.3 Å². The number of nitrogens with zero attached hydrogens (tertiary/aromatic N) is 3. The summed E-state index contributed by atoms with van der Waals surface area (Å²) in [6.07, 6.45) is 5.03. The Balaban J connectivity index is 1.96. The minimum Gasteiger partial charge on any atom is -0.396 e. The number of nitrogens with two attached hydrogens (primary N) is 1. The standard InChI is InChI=1S/C11H18N4O/c1-8(16)9-2-4-15(5-3-9)11-13-6-10(12)7-14-11/h6-9,16H,2-5,12H2,1H3. The second-order valence-corrected chi connectivity index (χ2v) is 4.38. The van der Waals surface area contributed by atoms with Gasteiger partial charge in [0.2, 0.25) is 5.95 Å². The number of aromatic nitrogens is 2. The summed E-state index contributed by atoms with van der Waals surface area (Å²) in [6, 6.07) is 0. The third-order valence-corrected chi connectivity index (χ3v) is 3.16. The highest BCUT2D eigenvalue weighted by molar-refractivity contribution is 5.38. The summed E-state index contributed by atoms with van der Waals surface area (Å²) >= 11 is 0. The number of anilines is 2. The Morgan fingerprint density at radius 3 is 2.44 bits per heavy atom. The molecule has 0 saturated carbocycles. The maximum Gasteiger partial charge on any atom is 0.225 e. The van der Waals surface area contributed by atoms with Crippen molar-refractivity contribution >= 4 is 11.6 Å². The number of nitrogen functional groups attached to an aromatic ring is 1. The van der Waals surface area contributed by atoms with E-state index in [-0.39, 0.29) is 6.10 Å². The first-order valence-electron chi connectivity index (χ1n) is 5.67. The maximum absolute atomic E-state index is 9.50. The van der Waals surface area contributed by atoms with E-state index in [0.29, 0.717) is 11.6 Å². The van der Waals surface area contributed by atoms with Gasteiger partial charge in [0.05, 0.1) is 24.2 Å². The Morgan fingerprint density at radius 1 is 1.38 bits per heavy atom. The smallest absolute Gasteiger partial charge is 0.225 e. The fraction of sp³-hybridized carbons (Fsp3) is 0.636. The normalized spacial score (nSPS) is 19.8. The van der Waals surface area contributed by atoms with Crippen LogP contribution in [0.4, 0.5) is 11.6 Å². The first-order chi connectivity index (χ1) is 7.66. The van der Waals surface area contributed by atoms with Gasteiger partial charge in [0.1, 0.15) is 0 Å². The molecule has 3 N–H and O–H groups in total. The van der Waals surface area contributed by atoms with Gasteiger partial charge in [0.25, 0.3) is 0 Å². The second kappa shape index (κ2) is 4.65. The Hall–Kier alpha value is -1.36. The van der Waals surface area contributed by atoms with E-state index in [1.54, 1.807) is 12.4 Å². The highest BCUT2D eigenvalue weighted by Crippen LogP contribution is 2.22. The van der Waals surface area contributed by atoms with E-state index in [0.717, 1.165) is 31.9 Å². The lowest BCUT2D eigenvalue weighted by Gasteiger charge is -2.33. The summed E-state index contributed by atoms with van der Waals surface area (Å²) in [6.45, 7) is 3.67. The molecule has 88 valence electrons. The van der Waals surface area contributed by atoms with Crippen molar-refractivity contribution in [3.05, 3.63) is 12.4 Å². The van der Waals surface area contributed by atoms with Crippen LogP contribution in [0.1, 0.15) is 19.8 Å². The van der Waals surface area contributed by atoms with Crippen molar-refractivity contribution < 1.29 is 5.11 Å². The van der Waals surface area contributed by atoms with Crippen LogP contribution < -0.4 is 10.6 Å². The highest BCUT2D eigenvalue weighted by atomic mass is 16.3. The van der Waals surface area contributed by atoms with Crippen LogP contribution >= 0.6 is 0 Å². The van der Waals surface area contributed by atoms with Gasteiger partial charge in [-0.15, -0.1) is 0 Å². The molecule has 0 aromatic carbocycles. The molecule has 0 radical (unpaired) electrons. The fourth-order valence-electron chi connectivity index (χ4n) is 2.08. The summed E-state index contributed by atoms with van der Waals surface area (Å²) in [5.41, 5.74) is 6.13. The summed E-state index contributed by atoms with van der Waals surface area (Å²) in [4.78, 5) is 10.5. The lowest BCUT2D eigenvalue weighted by atomic mass is 9.92. The third kappa shape index (κ3) is 2.41. The lowest BCUT2D eigenvalue weighted by Crippen LogP contribution is -2.37. The van der Waals surface area contributed by atoms with Crippen LogP contribution in [0, 0.1) is 5.92 Å². The van der Waals surface area contributed by atoms with Gasteiger partial charge in [-0.05, 0) is 25.7 Å². The molecule has 5 nitrogen and oxygen atoms in total. The molecular weight excluding hydrogens is 204 g/mol. The molecule has 5 heteroatoms. The summed E-state index contributed by atoms with van der Waals surface area (Å²) in [5.74, 6) is 1.14. The summed E-state index contributed by atoms with van der Waals surface area (Å²) in [7, 11) is 0. The van der Waals surface area contributed by atoms with Gasteiger partial charge in [-0.3, -0.25) is 0 Å². The zero-order valence-electron chi connectivity index (χ0n) is 9.50. The first kappa shape index (κ1) is 11.1. The average molecular weight is 222 g/mol. The Bertz CT molecular complexity index is 330. The van der Waals surface area contributed by atoms with Crippen LogP contribution in [0.15, 0.2) is 12.4 Å². The molecule has 0 aliphatic carbocycles. The molecule has 1 fully saturated rings. The van der Waals surface area contributed by atoms with Crippen molar-refractivity contribution in [3.63, 3.8) is 0 Å². The first-order valence-corrected chi connectivity index (χ1v) is 5.67. The number of aliphatic hydroxyl groups is 1. The monoisotopic (exact) mass is 222 g/mol. The lowest BCUT2D eigenvalue weighted by molar-refractivity contribution is 0.109. The van der Waals surface area contributed by atoms with E-state index in [1.807, 2.05) is 6.92 Å². The van der Waals surface area contributed by atoms with Gasteiger partial charge in [-0.1, -0.05) is 0 Å². The van der Waals surface area contributed by atoms with Gasteiger partial charge in [-0.2, -0.15) is 0 Å². The van der Waals surface area contributed by atoms with Crippen molar-refractivity contribution in [3.8, 4) is 0 Å². The summed E-state index contributed by atoms with van der Waals surface area (Å²) < 4.78 is 0. The molecule has 0 bridgehead atoms. The van der Waals surface area contributed by atoms with Gasteiger partial charge in [-0.25, -0.2) is 9.97 Å². The summed E-state index contributed by atoms with van der Waals surface area (Å²) in [5, 5.41) is 9.50. The Labute approximate surface area is 95.3 Å². The largest absolute Gasteiger partial charge is 0.396 e. The minimum absolute atomic E-state index is 0.213. The number of hydrogen-bond acceptors (Lipinski definition) is 5. The molecule has 0 amide bonds. The van der Waals surface area contributed by atoms with Crippen molar-refractivity contribution in [2.75, 3.05) is 23.7 Å². The van der Waals surface area contributed by atoms with Gasteiger partial charge in [0, 0.05) is 13.1 Å². The SMILES string of the molecule is CC(O)C1CCN(c2ncc(N)cn2)CC1. The average Bonchev–Trinajstić information content (AvgIpc) is 2.30. The van der Waals surface area contributed by atoms with Gasteiger partial charge in [0.15, 0.2) is 0 Å². The minimum atomic E-state index is -0.213. The molecule has 1 aromatic rings. The highest BCUT2D eigenvalue weighted by Gasteiger charge is 2.23. The molecule has 1 atom stereocenters. The number of aliphatic hydroxyl groups excluding tert-OH is 1. The molecule has 1 saturated heterocycles. The van der Waals surface area contributed by atoms with Gasteiger partial charge < -0.3 is 15.7 Å². The van der Waals surface area contributed by atoms with Crippen LogP contribution in [0.3, 0.4) is 0 Å². The van der Waals surface area contributed by atoms with E-state index < -0.39 is 0 Å². The molecule has 1 aliphatic heterocycles. The van der Waals surface area contributed by atoms with E-state index in [2.05, 4.69) is 14.9 Å². The number of piperidine rings is 1. The zero-order chi connectivity index (χ0) is 11.5. The fourth-order valence-corrected chi connectivity index (χ4v) is 2.08. The third-order valence-electron chi connectivity index (χ3n) is 3.16. The molecule has 1 aromatic heterocycles. The van der Waals surface area contributed by atoms with Crippen LogP contribution in [0.2, 0.25) is 0 Å². The van der Waals surface area contributed by atoms with Crippen LogP contribution in [0.5, 0.6) is 0 Å². The predicted octanol–water partition coefficient (Wildman–Crippen LogP) is 0.656. The van der Waals surface area contributed by atoms with E-state index in [4.69, 9.17) is 5.73 Å². The molecule has 1 unspecified atom stereocenters. The number of hydrogen-bond donors (Lipinski definition) is 2. The van der Waals surface area contributed by atoms with Crippen LogP contribution in [0.25, 0.3) is 0 Å². The number of rotatable bonds is 2. The molecule has 16 heavy (non-hydrogen) atoms. The maximum atomic E-state index is 9.50. The van der Waals surface area contributed by atoms with Crippen molar-refractivity contribution in [1.82, 2.24) is 9.97 Å². The van der Waals surface area contributed by atoms with E-state index in [9.17, 15) is 5.11 Å². The molecule has 1 aliphatic rings. The van der Waals surface area contributed by atoms with Crippen LogP contribution in [-0.2, 0) is 0 Å². The van der Waals surface area contributed by atoms with Gasteiger partial charge >= 0.3 is 0 Å². The topological polar surface area (TPSA) is 75.3 Å². The van der Waals surface area contributed by atoms with Crippen molar-refractivity contribution in [1.29, 1.82) is 0 Å². The zero-order valence-corrected chi connectivity index (χ0v) is 9.50. The van der Waals surface area contributed by atoms with E-state index in [1.165, 1.54) is 0 Å². The van der Waals surface area contributed by atoms with Crippen molar-refractivity contribution in [2.45, 2.75) is 25.9 Å². The molecular formula is C11H18N4O. The second-order valence-electron chi connectivity index (χ2n) is 4.38. The Kier molecular flexibility index (Phi) is 3.24. The predicted molar refractivity (Wildman–Crippen MR) is 63.1 cm³/mol. The molecule has 0 spiro atoms. The Morgan fingerprint density at radius 2 is 1.94 bits per heavy atom.